The first-order valence-electron chi connectivity index (χ1n) is 5.89. The van der Waals surface area contributed by atoms with Gasteiger partial charge in [-0.25, -0.2) is 4.79 Å². The molecule has 0 heterocycles. The van der Waals surface area contributed by atoms with Crippen LogP contribution in [0.15, 0.2) is 43.0 Å². The maximum Gasteiger partial charge on any atom is 0.407 e. The van der Waals surface area contributed by atoms with Crippen LogP contribution in [0.1, 0.15) is 18.9 Å². The number of rotatable bonds is 6. The lowest BCUT2D eigenvalue weighted by Crippen LogP contribution is -2.41. The first kappa shape index (κ1) is 14.3. The third-order valence-electron chi connectivity index (χ3n) is 2.54. The van der Waals surface area contributed by atoms with Gasteiger partial charge >= 0.3 is 6.09 Å². The molecule has 1 aromatic carbocycles. The van der Waals surface area contributed by atoms with Gasteiger partial charge in [0.2, 0.25) is 0 Å². The molecule has 0 aliphatic rings. The van der Waals surface area contributed by atoms with Crippen LogP contribution < -0.4 is 5.32 Å². The molecule has 0 bridgehead atoms. The molecule has 4 nitrogen and oxygen atoms in total. The van der Waals surface area contributed by atoms with Crippen molar-refractivity contribution < 1.29 is 14.6 Å². The van der Waals surface area contributed by atoms with E-state index in [-0.39, 0.29) is 12.6 Å². The monoisotopic (exact) mass is 249 g/mol. The molecule has 2 atom stereocenters. The smallest absolute Gasteiger partial charge is 0.407 e. The van der Waals surface area contributed by atoms with E-state index in [0.717, 1.165) is 5.56 Å². The summed E-state index contributed by atoms with van der Waals surface area (Å²) in [6, 6.07) is 9.05. The van der Waals surface area contributed by atoms with Crippen molar-refractivity contribution in [3.05, 3.63) is 48.6 Å². The van der Waals surface area contributed by atoms with E-state index in [4.69, 9.17) is 4.74 Å². The fraction of sp³-hybridized carbons (Fsp3) is 0.357. The molecule has 2 N–H and O–H groups in total. The highest BCUT2D eigenvalue weighted by Gasteiger charge is 2.15. The maximum atomic E-state index is 11.5. The second-order valence-electron chi connectivity index (χ2n) is 4.09. The van der Waals surface area contributed by atoms with Gasteiger partial charge in [0.1, 0.15) is 6.61 Å². The molecule has 18 heavy (non-hydrogen) atoms. The van der Waals surface area contributed by atoms with Gasteiger partial charge in [-0.15, -0.1) is 6.58 Å². The van der Waals surface area contributed by atoms with Gasteiger partial charge in [0, 0.05) is 0 Å². The van der Waals surface area contributed by atoms with E-state index in [9.17, 15) is 9.90 Å². The lowest BCUT2D eigenvalue weighted by atomic mass is 10.1. The molecule has 4 heteroatoms. The number of hydrogen-bond acceptors (Lipinski definition) is 3. The van der Waals surface area contributed by atoms with E-state index in [0.29, 0.717) is 6.42 Å². The minimum absolute atomic E-state index is 0.219. The van der Waals surface area contributed by atoms with Crippen molar-refractivity contribution in [2.75, 3.05) is 0 Å². The van der Waals surface area contributed by atoms with E-state index >= 15 is 0 Å². The van der Waals surface area contributed by atoms with Gasteiger partial charge in [-0.2, -0.15) is 0 Å². The van der Waals surface area contributed by atoms with Crippen LogP contribution in [0.4, 0.5) is 4.79 Å². The number of nitrogens with one attached hydrogen (secondary N) is 1. The van der Waals surface area contributed by atoms with Crippen molar-refractivity contribution in [2.45, 2.75) is 32.1 Å². The van der Waals surface area contributed by atoms with E-state index < -0.39 is 12.2 Å². The van der Waals surface area contributed by atoms with Gasteiger partial charge in [0.25, 0.3) is 0 Å². The van der Waals surface area contributed by atoms with E-state index in [2.05, 4.69) is 11.9 Å². The normalized spacial score (nSPS) is 13.4. The Balaban J connectivity index is 2.31. The minimum atomic E-state index is -0.647. The van der Waals surface area contributed by atoms with Gasteiger partial charge in [-0.3, -0.25) is 0 Å². The number of hydrogen-bond donors (Lipinski definition) is 2. The molecule has 1 rings (SSSR count). The van der Waals surface area contributed by atoms with Crippen LogP contribution in [0.3, 0.4) is 0 Å². The lowest BCUT2D eigenvalue weighted by molar-refractivity contribution is 0.107. The van der Waals surface area contributed by atoms with Crippen LogP contribution in [0.2, 0.25) is 0 Å². The zero-order valence-electron chi connectivity index (χ0n) is 10.5. The molecular weight excluding hydrogens is 230 g/mol. The number of alkyl carbamates (subject to hydrolysis) is 1. The van der Waals surface area contributed by atoms with E-state index in [1.54, 1.807) is 13.0 Å². The van der Waals surface area contributed by atoms with Crippen molar-refractivity contribution in [3.63, 3.8) is 0 Å². The van der Waals surface area contributed by atoms with Gasteiger partial charge < -0.3 is 15.2 Å². The molecule has 0 saturated carbocycles. The van der Waals surface area contributed by atoms with Crippen LogP contribution in [-0.4, -0.2) is 23.3 Å². The highest BCUT2D eigenvalue weighted by molar-refractivity contribution is 5.67. The topological polar surface area (TPSA) is 58.6 Å². The first-order chi connectivity index (χ1) is 8.63. The van der Waals surface area contributed by atoms with Gasteiger partial charge in [-0.05, 0) is 18.9 Å². The summed E-state index contributed by atoms with van der Waals surface area (Å²) in [5.74, 6) is 0. The molecule has 0 aliphatic heterocycles. The molecule has 0 aliphatic carbocycles. The zero-order chi connectivity index (χ0) is 13.4. The van der Waals surface area contributed by atoms with Gasteiger partial charge in [-0.1, -0.05) is 36.4 Å². The van der Waals surface area contributed by atoms with Crippen molar-refractivity contribution in [2.24, 2.45) is 0 Å². The zero-order valence-corrected chi connectivity index (χ0v) is 10.5. The van der Waals surface area contributed by atoms with Crippen LogP contribution in [0.5, 0.6) is 0 Å². The highest BCUT2D eigenvalue weighted by atomic mass is 16.5. The lowest BCUT2D eigenvalue weighted by Gasteiger charge is -2.18. The summed E-state index contributed by atoms with van der Waals surface area (Å²) >= 11 is 0. The Morgan fingerprint density at radius 3 is 2.78 bits per heavy atom. The molecule has 98 valence electrons. The highest BCUT2D eigenvalue weighted by Crippen LogP contribution is 2.02. The molecule has 1 aromatic rings. The molecular formula is C14H19NO3. The summed E-state index contributed by atoms with van der Waals surface area (Å²) in [6.07, 6.45) is 0.861. The molecule has 0 unspecified atom stereocenters. The summed E-state index contributed by atoms with van der Waals surface area (Å²) < 4.78 is 5.04. The number of aliphatic hydroxyl groups is 1. The third kappa shape index (κ3) is 5.01. The minimum Gasteiger partial charge on any atom is -0.445 e. The van der Waals surface area contributed by atoms with E-state index in [1.165, 1.54) is 0 Å². The molecule has 0 aromatic heterocycles. The van der Waals surface area contributed by atoms with Crippen LogP contribution >= 0.6 is 0 Å². The summed E-state index contributed by atoms with van der Waals surface area (Å²) in [5, 5.41) is 12.2. The van der Waals surface area contributed by atoms with Crippen LogP contribution in [-0.2, 0) is 11.3 Å². The molecule has 1 amide bonds. The summed E-state index contributed by atoms with van der Waals surface area (Å²) in [4.78, 5) is 11.5. The molecule has 0 fully saturated rings. The fourth-order valence-electron chi connectivity index (χ4n) is 1.42. The maximum absolute atomic E-state index is 11.5. The molecule has 0 spiro atoms. The van der Waals surface area contributed by atoms with Gasteiger partial charge in [0.05, 0.1) is 12.1 Å². The van der Waals surface area contributed by atoms with Crippen LogP contribution in [0, 0.1) is 0 Å². The van der Waals surface area contributed by atoms with E-state index in [1.807, 2.05) is 30.3 Å². The second kappa shape index (κ2) is 7.50. The SMILES string of the molecule is C=CC[C@@H](O)[C@H](C)NC(=O)OCc1ccccc1. The van der Waals surface area contributed by atoms with Crippen molar-refractivity contribution >= 4 is 6.09 Å². The standard InChI is InChI=1S/C14H19NO3/c1-3-7-13(16)11(2)15-14(17)18-10-12-8-5-4-6-9-12/h3-6,8-9,11,13,16H,1,7,10H2,2H3,(H,15,17)/t11-,13+/m0/s1. The fourth-order valence-corrected chi connectivity index (χ4v) is 1.42. The average molecular weight is 249 g/mol. The Morgan fingerprint density at radius 2 is 2.17 bits per heavy atom. The molecule has 0 saturated heterocycles. The Labute approximate surface area is 107 Å². The Hall–Kier alpha value is -1.81. The van der Waals surface area contributed by atoms with Gasteiger partial charge in [0.15, 0.2) is 0 Å². The predicted molar refractivity (Wildman–Crippen MR) is 70.0 cm³/mol. The Bertz CT molecular complexity index is 378. The summed E-state index contributed by atoms with van der Waals surface area (Å²) in [7, 11) is 0. The Kier molecular flexibility index (Phi) is 5.94. The number of amides is 1. The molecule has 0 radical (unpaired) electrons. The third-order valence-corrected chi connectivity index (χ3v) is 2.54. The summed E-state index contributed by atoms with van der Waals surface area (Å²) in [6.45, 7) is 5.47. The largest absolute Gasteiger partial charge is 0.445 e. The van der Waals surface area contributed by atoms with Crippen molar-refractivity contribution in [1.82, 2.24) is 5.32 Å². The quantitative estimate of drug-likeness (QED) is 0.760. The number of carbonyl (C=O) groups is 1. The van der Waals surface area contributed by atoms with Crippen molar-refractivity contribution in [3.8, 4) is 0 Å². The number of benzene rings is 1. The summed E-state index contributed by atoms with van der Waals surface area (Å²) in [5.41, 5.74) is 0.923. The van der Waals surface area contributed by atoms with Crippen LogP contribution in [0.25, 0.3) is 0 Å². The number of carbonyl (C=O) groups excluding carboxylic acids is 1. The first-order valence-corrected chi connectivity index (χ1v) is 5.89. The number of ether oxygens (including phenoxy) is 1. The predicted octanol–water partition coefficient (Wildman–Crippen LogP) is 2.24. The Morgan fingerprint density at radius 1 is 1.50 bits per heavy atom. The van der Waals surface area contributed by atoms with Crippen molar-refractivity contribution in [1.29, 1.82) is 0 Å². The second-order valence-corrected chi connectivity index (χ2v) is 4.09. The average Bonchev–Trinajstić information content (AvgIpc) is 2.38. The number of aliphatic hydroxyl groups excluding tert-OH is 1.